The van der Waals surface area contributed by atoms with Gasteiger partial charge in [0.1, 0.15) is 6.54 Å². The van der Waals surface area contributed by atoms with Crippen LogP contribution in [-0.4, -0.2) is 33.7 Å². The van der Waals surface area contributed by atoms with Gasteiger partial charge in [-0.1, -0.05) is 30.3 Å². The fraction of sp³-hybridized carbons (Fsp3) is 0.192. The van der Waals surface area contributed by atoms with Gasteiger partial charge in [0.2, 0.25) is 0 Å². The van der Waals surface area contributed by atoms with Gasteiger partial charge in [0.25, 0.3) is 0 Å². The highest BCUT2D eigenvalue weighted by Crippen LogP contribution is 2.31. The smallest absolute Gasteiger partial charge is 0.325 e. The Kier molecular flexibility index (Phi) is 5.42. The number of aromatic nitrogens is 1. The second kappa shape index (κ2) is 8.19. The number of aliphatic carboxylic acids is 1. The first kappa shape index (κ1) is 20.5. The van der Waals surface area contributed by atoms with Crippen molar-refractivity contribution in [2.45, 2.75) is 27.3 Å². The fourth-order valence-corrected chi connectivity index (χ4v) is 4.07. The number of carbonyl (C=O) groups excluding carboxylic acids is 1. The van der Waals surface area contributed by atoms with Gasteiger partial charge >= 0.3 is 5.97 Å². The van der Waals surface area contributed by atoms with Crippen LogP contribution in [0, 0.1) is 6.92 Å². The second-order valence-electron chi connectivity index (χ2n) is 7.65. The molecule has 3 aromatic carbocycles. The molecule has 156 valence electrons. The molecule has 0 radical (unpaired) electrons. The number of nitrogens with zero attached hydrogens (tertiary/aromatic N) is 2. The Morgan fingerprint density at radius 3 is 2.16 bits per heavy atom. The van der Waals surface area contributed by atoms with Crippen molar-refractivity contribution in [3.63, 3.8) is 0 Å². The maximum absolute atomic E-state index is 13.2. The number of carboxylic acids is 1. The summed E-state index contributed by atoms with van der Waals surface area (Å²) in [5, 5.41) is 10.9. The Balaban J connectivity index is 1.89. The lowest BCUT2D eigenvalue weighted by Gasteiger charge is -2.06. The van der Waals surface area contributed by atoms with Gasteiger partial charge in [-0.15, -0.1) is 0 Å². The van der Waals surface area contributed by atoms with Crippen LogP contribution in [0.15, 0.2) is 65.7 Å². The number of hydrogen-bond acceptors (Lipinski definition) is 3. The van der Waals surface area contributed by atoms with Crippen molar-refractivity contribution >= 4 is 39.3 Å². The number of benzene rings is 3. The maximum Gasteiger partial charge on any atom is 0.325 e. The third kappa shape index (κ3) is 3.75. The molecular weight excluding hydrogens is 388 g/mol. The van der Waals surface area contributed by atoms with E-state index in [4.69, 9.17) is 5.11 Å². The van der Waals surface area contributed by atoms with E-state index in [1.54, 1.807) is 0 Å². The summed E-state index contributed by atoms with van der Waals surface area (Å²) in [5.41, 5.74) is 6.01. The fourth-order valence-electron chi connectivity index (χ4n) is 4.07. The summed E-state index contributed by atoms with van der Waals surface area (Å²) in [6.45, 7) is 6.40. The molecule has 0 unspecified atom stereocenters. The van der Waals surface area contributed by atoms with Crippen LogP contribution >= 0.6 is 0 Å². The van der Waals surface area contributed by atoms with Crippen LogP contribution < -0.4 is 0 Å². The summed E-state index contributed by atoms with van der Waals surface area (Å²) in [6, 6.07) is 19.5. The van der Waals surface area contributed by atoms with Crippen molar-refractivity contribution in [1.82, 2.24) is 4.57 Å². The Hall–Kier alpha value is -3.73. The number of carboxylic acid groups (broad SMARTS) is 1. The predicted molar refractivity (Wildman–Crippen MR) is 124 cm³/mol. The molecule has 4 aromatic rings. The van der Waals surface area contributed by atoms with E-state index in [0.29, 0.717) is 16.8 Å². The van der Waals surface area contributed by atoms with Crippen LogP contribution in [-0.2, 0) is 11.3 Å². The molecule has 5 heteroatoms. The third-order valence-electron chi connectivity index (χ3n) is 5.70. The van der Waals surface area contributed by atoms with E-state index in [0.717, 1.165) is 39.5 Å². The molecule has 0 aliphatic carbocycles. The van der Waals surface area contributed by atoms with Crippen molar-refractivity contribution in [1.29, 1.82) is 0 Å². The normalized spacial score (nSPS) is 11.9. The average Bonchev–Trinajstić information content (AvgIpc) is 3.09. The van der Waals surface area contributed by atoms with Gasteiger partial charge in [-0.3, -0.25) is 14.6 Å². The van der Waals surface area contributed by atoms with Crippen LogP contribution in [0.2, 0.25) is 0 Å². The quantitative estimate of drug-likeness (QED) is 0.347. The van der Waals surface area contributed by atoms with E-state index in [9.17, 15) is 9.59 Å². The number of carbonyl (C=O) groups is 2. The van der Waals surface area contributed by atoms with Gasteiger partial charge in [-0.05, 0) is 62.2 Å². The summed E-state index contributed by atoms with van der Waals surface area (Å²) in [5.74, 6) is -0.949. The molecule has 0 atom stereocenters. The summed E-state index contributed by atoms with van der Waals surface area (Å²) < 4.78 is 2.22. The largest absolute Gasteiger partial charge is 0.480 e. The van der Waals surface area contributed by atoms with Crippen LogP contribution in [0.4, 0.5) is 0 Å². The minimum absolute atomic E-state index is 0.00718. The number of hydrogen-bond donors (Lipinski definition) is 1. The molecule has 0 saturated heterocycles. The standard InChI is InChI=1S/C26H24N2O3/c1-4-28-23-11-9-18(17(3)27-15-25(29)30)13-21(23)22-14-19(10-12-24(22)28)26(31)20-8-6-5-7-16(20)2/h5-14H,4,15H2,1-3H3,(H,29,30). The highest BCUT2D eigenvalue weighted by molar-refractivity contribution is 6.16. The number of ketones is 1. The van der Waals surface area contributed by atoms with E-state index in [1.807, 2.05) is 74.5 Å². The first-order chi connectivity index (χ1) is 14.9. The Labute approximate surface area is 180 Å². The first-order valence-corrected chi connectivity index (χ1v) is 10.3. The molecule has 0 bridgehead atoms. The summed E-state index contributed by atoms with van der Waals surface area (Å²) in [6.07, 6.45) is 0. The summed E-state index contributed by atoms with van der Waals surface area (Å²) in [4.78, 5) is 28.2. The number of fused-ring (bicyclic) bond motifs is 3. The molecule has 4 rings (SSSR count). The topological polar surface area (TPSA) is 71.7 Å². The zero-order valence-corrected chi connectivity index (χ0v) is 17.8. The predicted octanol–water partition coefficient (Wildman–Crippen LogP) is 5.25. The van der Waals surface area contributed by atoms with E-state index in [2.05, 4.69) is 16.5 Å². The molecule has 0 spiro atoms. The number of rotatable bonds is 6. The van der Waals surface area contributed by atoms with Crippen LogP contribution in [0.3, 0.4) is 0 Å². The molecule has 0 aliphatic rings. The monoisotopic (exact) mass is 412 g/mol. The third-order valence-corrected chi connectivity index (χ3v) is 5.70. The second-order valence-corrected chi connectivity index (χ2v) is 7.65. The Morgan fingerprint density at radius 2 is 1.55 bits per heavy atom. The van der Waals surface area contributed by atoms with Gasteiger partial charge in [-0.2, -0.15) is 0 Å². The molecule has 1 N–H and O–H groups in total. The van der Waals surface area contributed by atoms with E-state index in [1.165, 1.54) is 0 Å². The minimum Gasteiger partial charge on any atom is -0.480 e. The molecule has 0 aliphatic heterocycles. The zero-order chi connectivity index (χ0) is 22.1. The molecule has 0 fully saturated rings. The summed E-state index contributed by atoms with van der Waals surface area (Å²) in [7, 11) is 0. The van der Waals surface area contributed by atoms with Gasteiger partial charge in [0, 0.05) is 45.2 Å². The molecule has 5 nitrogen and oxygen atoms in total. The molecule has 0 saturated carbocycles. The lowest BCUT2D eigenvalue weighted by atomic mass is 9.97. The van der Waals surface area contributed by atoms with Crippen molar-refractivity contribution in [2.75, 3.05) is 6.54 Å². The van der Waals surface area contributed by atoms with Crippen LogP contribution in [0.25, 0.3) is 21.8 Å². The van der Waals surface area contributed by atoms with E-state index >= 15 is 0 Å². The molecule has 1 heterocycles. The molecule has 0 amide bonds. The van der Waals surface area contributed by atoms with Crippen molar-refractivity contribution < 1.29 is 14.7 Å². The Bertz CT molecular complexity index is 1360. The zero-order valence-electron chi connectivity index (χ0n) is 17.8. The minimum atomic E-state index is -0.956. The van der Waals surface area contributed by atoms with Crippen molar-refractivity contribution in [3.05, 3.63) is 82.9 Å². The lowest BCUT2D eigenvalue weighted by molar-refractivity contribution is -0.135. The highest BCUT2D eigenvalue weighted by Gasteiger charge is 2.16. The van der Waals surface area contributed by atoms with Gasteiger partial charge in [0.05, 0.1) is 0 Å². The number of aryl methyl sites for hydroxylation is 2. The van der Waals surface area contributed by atoms with E-state index in [-0.39, 0.29) is 12.3 Å². The molecule has 1 aromatic heterocycles. The number of aliphatic imine (C=N–C) groups is 1. The first-order valence-electron chi connectivity index (χ1n) is 10.3. The van der Waals surface area contributed by atoms with E-state index < -0.39 is 5.97 Å². The van der Waals surface area contributed by atoms with Crippen molar-refractivity contribution in [2.24, 2.45) is 4.99 Å². The SMILES string of the molecule is CCn1c2ccc(C(=O)c3ccccc3C)cc2c2cc(C(C)=NCC(=O)O)ccc21. The van der Waals surface area contributed by atoms with Crippen molar-refractivity contribution in [3.8, 4) is 0 Å². The molecule has 31 heavy (non-hydrogen) atoms. The van der Waals surface area contributed by atoms with Gasteiger partial charge in [0.15, 0.2) is 5.78 Å². The lowest BCUT2D eigenvalue weighted by Crippen LogP contribution is -2.04. The van der Waals surface area contributed by atoms with Gasteiger partial charge in [-0.25, -0.2) is 0 Å². The average molecular weight is 412 g/mol. The van der Waals surface area contributed by atoms with Gasteiger partial charge < -0.3 is 9.67 Å². The van der Waals surface area contributed by atoms with Crippen LogP contribution in [0.1, 0.15) is 40.9 Å². The highest BCUT2D eigenvalue weighted by atomic mass is 16.4. The Morgan fingerprint density at radius 1 is 0.935 bits per heavy atom. The molecular formula is C26H24N2O3. The summed E-state index contributed by atoms with van der Waals surface area (Å²) >= 11 is 0. The maximum atomic E-state index is 13.2. The van der Waals surface area contributed by atoms with Crippen LogP contribution in [0.5, 0.6) is 0 Å².